The van der Waals surface area contributed by atoms with Gasteiger partial charge in [-0.3, -0.25) is 0 Å². The van der Waals surface area contributed by atoms with Crippen molar-refractivity contribution in [3.8, 4) is 11.5 Å². The first-order valence-corrected chi connectivity index (χ1v) is 7.39. The molecule has 0 unspecified atom stereocenters. The van der Waals surface area contributed by atoms with Crippen molar-refractivity contribution >= 4 is 11.7 Å². The van der Waals surface area contributed by atoms with Gasteiger partial charge in [0, 0.05) is 0 Å². The molecule has 2 rings (SSSR count). The molecule has 5 nitrogen and oxygen atoms in total. The Morgan fingerprint density at radius 2 is 1.65 bits per heavy atom. The zero-order valence-corrected chi connectivity index (χ0v) is 13.9. The summed E-state index contributed by atoms with van der Waals surface area (Å²) in [5, 5.41) is 5.42. The first kappa shape index (κ1) is 16.7. The molecule has 122 valence electrons. The first-order valence-electron chi connectivity index (χ1n) is 7.39. The molecular weight excluding hydrogens is 292 g/mol. The van der Waals surface area contributed by atoms with E-state index in [1.165, 1.54) is 5.56 Å². The number of rotatable bonds is 5. The zero-order valence-electron chi connectivity index (χ0n) is 13.9. The minimum atomic E-state index is -0.348. The highest BCUT2D eigenvalue weighted by Crippen LogP contribution is 2.25. The molecule has 0 atom stereocenters. The van der Waals surface area contributed by atoms with Gasteiger partial charge < -0.3 is 20.1 Å². The van der Waals surface area contributed by atoms with Crippen LogP contribution in [0.1, 0.15) is 16.7 Å². The Bertz CT molecular complexity index is 699. The largest absolute Gasteiger partial charge is 0.495 e. The van der Waals surface area contributed by atoms with E-state index in [1.807, 2.05) is 57.2 Å². The van der Waals surface area contributed by atoms with Gasteiger partial charge in [-0.25, -0.2) is 4.79 Å². The fourth-order valence-electron chi connectivity index (χ4n) is 2.23. The van der Waals surface area contributed by atoms with E-state index >= 15 is 0 Å². The van der Waals surface area contributed by atoms with Crippen LogP contribution in [-0.2, 0) is 0 Å². The van der Waals surface area contributed by atoms with Crippen LogP contribution < -0.4 is 20.1 Å². The highest BCUT2D eigenvalue weighted by atomic mass is 16.5. The third-order valence-electron chi connectivity index (χ3n) is 3.39. The van der Waals surface area contributed by atoms with E-state index in [0.29, 0.717) is 11.4 Å². The predicted octanol–water partition coefficient (Wildman–Crippen LogP) is 3.78. The van der Waals surface area contributed by atoms with Crippen molar-refractivity contribution < 1.29 is 14.3 Å². The van der Waals surface area contributed by atoms with Crippen LogP contribution in [0.2, 0.25) is 0 Å². The van der Waals surface area contributed by atoms with E-state index in [0.717, 1.165) is 16.9 Å². The van der Waals surface area contributed by atoms with Gasteiger partial charge in [0.1, 0.15) is 11.5 Å². The number of carbonyl (C=O) groups is 1. The number of carbonyl (C=O) groups excluding carboxylic acids is 1. The molecule has 5 heteroatoms. The Morgan fingerprint density at radius 1 is 1.00 bits per heavy atom. The number of ether oxygens (including phenoxy) is 2. The van der Waals surface area contributed by atoms with Crippen molar-refractivity contribution in [3.63, 3.8) is 0 Å². The molecule has 0 bridgehead atoms. The average Bonchev–Trinajstić information content (AvgIpc) is 2.50. The molecule has 0 aliphatic carbocycles. The summed E-state index contributed by atoms with van der Waals surface area (Å²) in [6, 6.07) is 11.1. The van der Waals surface area contributed by atoms with Gasteiger partial charge in [-0.2, -0.15) is 0 Å². The number of anilines is 1. The minimum absolute atomic E-state index is 0.0872. The lowest BCUT2D eigenvalue weighted by molar-refractivity contribution is 0.234. The van der Waals surface area contributed by atoms with E-state index in [1.54, 1.807) is 7.11 Å². The number of benzene rings is 2. The Kier molecular flexibility index (Phi) is 5.46. The molecule has 2 aromatic carbocycles. The molecule has 0 aliphatic rings. The quantitative estimate of drug-likeness (QED) is 0.826. The van der Waals surface area contributed by atoms with Crippen LogP contribution in [-0.4, -0.2) is 19.9 Å². The Balaban J connectivity index is 1.89. The van der Waals surface area contributed by atoms with Crippen molar-refractivity contribution in [2.45, 2.75) is 20.8 Å². The number of urea groups is 1. The van der Waals surface area contributed by atoms with Crippen LogP contribution >= 0.6 is 0 Å². The molecule has 0 aromatic heterocycles. The summed E-state index contributed by atoms with van der Waals surface area (Å²) in [4.78, 5) is 12.0. The van der Waals surface area contributed by atoms with E-state index in [9.17, 15) is 4.79 Å². The smallest absolute Gasteiger partial charge is 0.321 e. The number of hydrogen-bond donors (Lipinski definition) is 2. The SMILES string of the molecule is COc1ccc(C)cc1NC(=O)NCOc1ccc(C)cc1C. The van der Waals surface area contributed by atoms with Gasteiger partial charge in [-0.05, 0) is 50.1 Å². The number of amides is 2. The molecule has 0 fully saturated rings. The Labute approximate surface area is 136 Å². The summed E-state index contributed by atoms with van der Waals surface area (Å²) in [6.45, 7) is 6.04. The van der Waals surface area contributed by atoms with Gasteiger partial charge in [-0.15, -0.1) is 0 Å². The summed E-state index contributed by atoms with van der Waals surface area (Å²) in [6.07, 6.45) is 0. The van der Waals surface area contributed by atoms with Crippen LogP contribution in [0.25, 0.3) is 0 Å². The van der Waals surface area contributed by atoms with Gasteiger partial charge in [0.15, 0.2) is 6.73 Å². The van der Waals surface area contributed by atoms with Crippen LogP contribution in [0, 0.1) is 20.8 Å². The highest BCUT2D eigenvalue weighted by Gasteiger charge is 2.07. The lowest BCUT2D eigenvalue weighted by Crippen LogP contribution is -2.32. The summed E-state index contributed by atoms with van der Waals surface area (Å²) in [5.41, 5.74) is 3.86. The maximum absolute atomic E-state index is 12.0. The third kappa shape index (κ3) is 4.64. The fraction of sp³-hybridized carbons (Fsp3) is 0.278. The van der Waals surface area contributed by atoms with E-state index in [4.69, 9.17) is 9.47 Å². The maximum Gasteiger partial charge on any atom is 0.321 e. The molecule has 0 radical (unpaired) electrons. The summed E-state index contributed by atoms with van der Waals surface area (Å²) < 4.78 is 10.8. The van der Waals surface area contributed by atoms with Crippen molar-refractivity contribution in [2.24, 2.45) is 0 Å². The molecular formula is C18H22N2O3. The van der Waals surface area contributed by atoms with Gasteiger partial charge in [0.25, 0.3) is 0 Å². The van der Waals surface area contributed by atoms with Crippen molar-refractivity contribution in [2.75, 3.05) is 19.2 Å². The topological polar surface area (TPSA) is 59.6 Å². The van der Waals surface area contributed by atoms with Crippen molar-refractivity contribution in [1.29, 1.82) is 0 Å². The average molecular weight is 314 g/mol. The monoisotopic (exact) mass is 314 g/mol. The number of hydrogen-bond acceptors (Lipinski definition) is 3. The molecule has 0 spiro atoms. The lowest BCUT2D eigenvalue weighted by Gasteiger charge is -2.13. The summed E-state index contributed by atoms with van der Waals surface area (Å²) >= 11 is 0. The standard InChI is InChI=1S/C18H22N2O3/c1-12-5-7-16(14(3)9-12)23-11-19-18(21)20-15-10-13(2)6-8-17(15)22-4/h5-10H,11H2,1-4H3,(H2,19,20,21). The molecule has 0 saturated carbocycles. The number of aryl methyl sites for hydroxylation is 3. The zero-order chi connectivity index (χ0) is 16.8. The van der Waals surface area contributed by atoms with E-state index < -0.39 is 0 Å². The number of methoxy groups -OCH3 is 1. The maximum atomic E-state index is 12.0. The normalized spacial score (nSPS) is 10.1. The van der Waals surface area contributed by atoms with Gasteiger partial charge in [0.05, 0.1) is 12.8 Å². The van der Waals surface area contributed by atoms with E-state index in [-0.39, 0.29) is 12.8 Å². The van der Waals surface area contributed by atoms with Gasteiger partial charge >= 0.3 is 6.03 Å². The third-order valence-corrected chi connectivity index (χ3v) is 3.39. The van der Waals surface area contributed by atoms with Gasteiger partial charge in [-0.1, -0.05) is 23.8 Å². The molecule has 23 heavy (non-hydrogen) atoms. The summed E-state index contributed by atoms with van der Waals surface area (Å²) in [7, 11) is 1.57. The second-order valence-electron chi connectivity index (χ2n) is 5.39. The number of nitrogens with one attached hydrogen (secondary N) is 2. The second kappa shape index (κ2) is 7.54. The molecule has 2 amide bonds. The first-order chi connectivity index (χ1) is 11.0. The van der Waals surface area contributed by atoms with Crippen LogP contribution in [0.4, 0.5) is 10.5 Å². The molecule has 2 N–H and O–H groups in total. The molecule has 0 heterocycles. The van der Waals surface area contributed by atoms with Crippen LogP contribution in [0.15, 0.2) is 36.4 Å². The highest BCUT2D eigenvalue weighted by molar-refractivity contribution is 5.91. The van der Waals surface area contributed by atoms with Crippen LogP contribution in [0.5, 0.6) is 11.5 Å². The second-order valence-corrected chi connectivity index (χ2v) is 5.39. The summed E-state index contributed by atoms with van der Waals surface area (Å²) in [5.74, 6) is 1.37. The van der Waals surface area contributed by atoms with Gasteiger partial charge in [0.2, 0.25) is 0 Å². The van der Waals surface area contributed by atoms with Crippen LogP contribution in [0.3, 0.4) is 0 Å². The molecule has 2 aromatic rings. The Morgan fingerprint density at radius 3 is 2.30 bits per heavy atom. The van der Waals surface area contributed by atoms with Crippen molar-refractivity contribution in [3.05, 3.63) is 53.1 Å². The minimum Gasteiger partial charge on any atom is -0.495 e. The predicted molar refractivity (Wildman–Crippen MR) is 91.3 cm³/mol. The molecule has 0 saturated heterocycles. The molecule has 0 aliphatic heterocycles. The lowest BCUT2D eigenvalue weighted by atomic mass is 10.1. The van der Waals surface area contributed by atoms with E-state index in [2.05, 4.69) is 10.6 Å². The Hall–Kier alpha value is -2.69. The van der Waals surface area contributed by atoms with Crippen molar-refractivity contribution in [1.82, 2.24) is 5.32 Å². The fourth-order valence-corrected chi connectivity index (χ4v) is 2.23.